The molecule has 0 saturated carbocycles. The number of nitrogens with zero attached hydrogens (tertiary/aromatic N) is 3. The third-order valence-electron chi connectivity index (χ3n) is 2.79. The Morgan fingerprint density at radius 3 is 2.45 bits per heavy atom. The van der Waals surface area contributed by atoms with Crippen molar-refractivity contribution in [2.24, 2.45) is 5.92 Å². The summed E-state index contributed by atoms with van der Waals surface area (Å²) >= 11 is 0. The van der Waals surface area contributed by atoms with Gasteiger partial charge in [-0.15, -0.1) is 0 Å². The lowest BCUT2D eigenvalue weighted by Gasteiger charge is -2.24. The predicted octanol–water partition coefficient (Wildman–Crippen LogP) is 1.88. The van der Waals surface area contributed by atoms with E-state index in [1.807, 2.05) is 13.0 Å². The molecule has 0 bridgehead atoms. The Labute approximate surface area is 122 Å². The second kappa shape index (κ2) is 7.89. The van der Waals surface area contributed by atoms with Crippen LogP contribution in [0.15, 0.2) is 6.07 Å². The molecule has 0 fully saturated rings. The standard InChI is InChI=1S/C14H28N6/c1-6-16-12-8-13(19-14(15)18-12)17-11(7-10(2)3)9-20(4)5/h8,10-11H,6-7,9H2,1-5H3,(H4,15,16,17,18,19). The molecule has 20 heavy (non-hydrogen) atoms. The summed E-state index contributed by atoms with van der Waals surface area (Å²) in [6.45, 7) is 8.24. The molecule has 0 aliphatic rings. The first-order valence-electron chi connectivity index (χ1n) is 7.20. The summed E-state index contributed by atoms with van der Waals surface area (Å²) in [5.41, 5.74) is 5.76. The predicted molar refractivity (Wildman–Crippen MR) is 86.0 cm³/mol. The van der Waals surface area contributed by atoms with Gasteiger partial charge in [0.1, 0.15) is 11.6 Å². The molecule has 0 saturated heterocycles. The van der Waals surface area contributed by atoms with E-state index in [1.54, 1.807) is 0 Å². The van der Waals surface area contributed by atoms with Crippen LogP contribution in [0.4, 0.5) is 17.6 Å². The zero-order valence-corrected chi connectivity index (χ0v) is 13.3. The molecule has 114 valence electrons. The minimum absolute atomic E-state index is 0.291. The van der Waals surface area contributed by atoms with Gasteiger partial charge in [-0.1, -0.05) is 13.8 Å². The van der Waals surface area contributed by atoms with Gasteiger partial charge < -0.3 is 21.3 Å². The molecule has 0 radical (unpaired) electrons. The monoisotopic (exact) mass is 280 g/mol. The number of anilines is 3. The maximum Gasteiger partial charge on any atom is 0.223 e. The fourth-order valence-corrected chi connectivity index (χ4v) is 2.21. The Balaban J connectivity index is 2.80. The number of hydrogen-bond donors (Lipinski definition) is 3. The van der Waals surface area contributed by atoms with Crippen molar-refractivity contribution >= 4 is 17.6 Å². The molecule has 6 heteroatoms. The molecule has 1 rings (SSSR count). The molecule has 1 heterocycles. The van der Waals surface area contributed by atoms with Crippen LogP contribution in [0.1, 0.15) is 27.2 Å². The highest BCUT2D eigenvalue weighted by Gasteiger charge is 2.13. The van der Waals surface area contributed by atoms with Crippen molar-refractivity contribution in [1.82, 2.24) is 14.9 Å². The molecule has 1 unspecified atom stereocenters. The van der Waals surface area contributed by atoms with E-state index in [0.29, 0.717) is 17.9 Å². The zero-order valence-electron chi connectivity index (χ0n) is 13.3. The normalized spacial score (nSPS) is 12.8. The molecule has 1 aromatic heterocycles. The van der Waals surface area contributed by atoms with Crippen molar-refractivity contribution in [2.75, 3.05) is 43.6 Å². The zero-order chi connectivity index (χ0) is 15.1. The molecule has 0 amide bonds. The first-order chi connectivity index (χ1) is 9.40. The number of aromatic nitrogens is 2. The average Bonchev–Trinajstić information content (AvgIpc) is 2.26. The lowest BCUT2D eigenvalue weighted by Crippen LogP contribution is -2.33. The Morgan fingerprint density at radius 1 is 1.25 bits per heavy atom. The van der Waals surface area contributed by atoms with Crippen molar-refractivity contribution < 1.29 is 0 Å². The Kier molecular flexibility index (Phi) is 6.51. The van der Waals surface area contributed by atoms with Crippen LogP contribution in [-0.2, 0) is 0 Å². The lowest BCUT2D eigenvalue weighted by molar-refractivity contribution is 0.356. The SMILES string of the molecule is CCNc1cc(NC(CC(C)C)CN(C)C)nc(N)n1. The van der Waals surface area contributed by atoms with Crippen molar-refractivity contribution in [3.8, 4) is 0 Å². The van der Waals surface area contributed by atoms with E-state index in [-0.39, 0.29) is 0 Å². The van der Waals surface area contributed by atoms with Gasteiger partial charge in [-0.05, 0) is 33.4 Å². The third kappa shape index (κ3) is 6.06. The largest absolute Gasteiger partial charge is 0.370 e. The summed E-state index contributed by atoms with van der Waals surface area (Å²) in [5.74, 6) is 2.45. The van der Waals surface area contributed by atoms with Gasteiger partial charge in [-0.3, -0.25) is 0 Å². The molecule has 0 aliphatic carbocycles. The maximum atomic E-state index is 5.76. The Bertz CT molecular complexity index is 395. The first-order valence-corrected chi connectivity index (χ1v) is 7.20. The molecule has 0 aliphatic heterocycles. The van der Waals surface area contributed by atoms with Crippen LogP contribution in [0.3, 0.4) is 0 Å². The van der Waals surface area contributed by atoms with Crippen LogP contribution >= 0.6 is 0 Å². The maximum absolute atomic E-state index is 5.76. The third-order valence-corrected chi connectivity index (χ3v) is 2.79. The molecule has 1 aromatic rings. The van der Waals surface area contributed by atoms with Gasteiger partial charge in [0.25, 0.3) is 0 Å². The highest BCUT2D eigenvalue weighted by molar-refractivity contribution is 5.51. The summed E-state index contributed by atoms with van der Waals surface area (Å²) < 4.78 is 0. The second-order valence-electron chi connectivity index (χ2n) is 5.76. The van der Waals surface area contributed by atoms with Crippen molar-refractivity contribution in [3.63, 3.8) is 0 Å². The molecule has 4 N–H and O–H groups in total. The summed E-state index contributed by atoms with van der Waals surface area (Å²) in [5, 5.41) is 6.63. The van der Waals surface area contributed by atoms with Gasteiger partial charge in [-0.25, -0.2) is 0 Å². The van der Waals surface area contributed by atoms with Crippen LogP contribution in [0, 0.1) is 5.92 Å². The fourth-order valence-electron chi connectivity index (χ4n) is 2.21. The van der Waals surface area contributed by atoms with Gasteiger partial charge >= 0.3 is 0 Å². The summed E-state index contributed by atoms with van der Waals surface area (Å²) in [6, 6.07) is 2.25. The van der Waals surface area contributed by atoms with E-state index in [1.165, 1.54) is 0 Å². The fraction of sp³-hybridized carbons (Fsp3) is 0.714. The van der Waals surface area contributed by atoms with E-state index in [2.05, 4.69) is 53.4 Å². The van der Waals surface area contributed by atoms with E-state index in [0.717, 1.165) is 31.1 Å². The van der Waals surface area contributed by atoms with E-state index in [4.69, 9.17) is 5.73 Å². The molecule has 0 spiro atoms. The summed E-state index contributed by atoms with van der Waals surface area (Å²) in [7, 11) is 4.15. The Morgan fingerprint density at radius 2 is 1.90 bits per heavy atom. The lowest BCUT2D eigenvalue weighted by atomic mass is 10.0. The number of nitrogens with one attached hydrogen (secondary N) is 2. The highest BCUT2D eigenvalue weighted by Crippen LogP contribution is 2.16. The van der Waals surface area contributed by atoms with Crippen LogP contribution in [0.5, 0.6) is 0 Å². The van der Waals surface area contributed by atoms with Crippen molar-refractivity contribution in [1.29, 1.82) is 0 Å². The van der Waals surface area contributed by atoms with Crippen molar-refractivity contribution in [3.05, 3.63) is 6.07 Å². The first kappa shape index (κ1) is 16.5. The van der Waals surface area contributed by atoms with Crippen LogP contribution in [-0.4, -0.2) is 48.1 Å². The second-order valence-corrected chi connectivity index (χ2v) is 5.76. The highest BCUT2D eigenvalue weighted by atomic mass is 15.2. The quantitative estimate of drug-likeness (QED) is 0.675. The Hall–Kier alpha value is -1.56. The number of rotatable bonds is 8. The van der Waals surface area contributed by atoms with Gasteiger partial charge in [0.2, 0.25) is 5.95 Å². The average molecular weight is 280 g/mol. The number of nitrogen functional groups attached to an aromatic ring is 1. The van der Waals surface area contributed by atoms with Gasteiger partial charge in [0, 0.05) is 25.2 Å². The molecule has 1 atom stereocenters. The van der Waals surface area contributed by atoms with Gasteiger partial charge in [-0.2, -0.15) is 9.97 Å². The van der Waals surface area contributed by atoms with Crippen LogP contribution in [0.25, 0.3) is 0 Å². The summed E-state index contributed by atoms with van der Waals surface area (Å²) in [6.07, 6.45) is 1.08. The minimum Gasteiger partial charge on any atom is -0.370 e. The van der Waals surface area contributed by atoms with Crippen molar-refractivity contribution in [2.45, 2.75) is 33.2 Å². The summed E-state index contributed by atoms with van der Waals surface area (Å²) in [4.78, 5) is 10.6. The molecule has 0 aromatic carbocycles. The van der Waals surface area contributed by atoms with Gasteiger partial charge in [0.15, 0.2) is 0 Å². The van der Waals surface area contributed by atoms with Crippen LogP contribution < -0.4 is 16.4 Å². The molecule has 6 nitrogen and oxygen atoms in total. The van der Waals surface area contributed by atoms with E-state index >= 15 is 0 Å². The number of hydrogen-bond acceptors (Lipinski definition) is 6. The number of nitrogens with two attached hydrogens (primary N) is 1. The molecular formula is C14H28N6. The topological polar surface area (TPSA) is 79.1 Å². The molecular weight excluding hydrogens is 252 g/mol. The van der Waals surface area contributed by atoms with E-state index < -0.39 is 0 Å². The minimum atomic E-state index is 0.291. The smallest absolute Gasteiger partial charge is 0.223 e. The number of likely N-dealkylation sites (N-methyl/N-ethyl adjacent to an activating group) is 1. The van der Waals surface area contributed by atoms with Gasteiger partial charge in [0.05, 0.1) is 0 Å². The van der Waals surface area contributed by atoms with Crippen LogP contribution in [0.2, 0.25) is 0 Å². The van der Waals surface area contributed by atoms with E-state index in [9.17, 15) is 0 Å².